The zero-order valence-electron chi connectivity index (χ0n) is 9.97. The van der Waals surface area contributed by atoms with E-state index < -0.39 is 6.61 Å². The molecule has 0 aliphatic rings. The fourth-order valence-electron chi connectivity index (χ4n) is 1.62. The largest absolute Gasteiger partial charge is 0.435 e. The monoisotopic (exact) mass is 228 g/mol. The maximum Gasteiger partial charge on any atom is 0.387 e. The number of halogens is 2. The van der Waals surface area contributed by atoms with Crippen molar-refractivity contribution >= 4 is 0 Å². The van der Waals surface area contributed by atoms with Gasteiger partial charge in [0.2, 0.25) is 0 Å². The fourth-order valence-corrected chi connectivity index (χ4v) is 1.62. The van der Waals surface area contributed by atoms with Crippen LogP contribution in [0.25, 0.3) is 0 Å². The van der Waals surface area contributed by atoms with Gasteiger partial charge in [0, 0.05) is 0 Å². The number of rotatable bonds is 5. The molecule has 0 bridgehead atoms. The minimum absolute atomic E-state index is 0.268. The topological polar surface area (TPSA) is 9.23 Å². The van der Waals surface area contributed by atoms with Crippen LogP contribution in [0.3, 0.4) is 0 Å². The van der Waals surface area contributed by atoms with Crippen LogP contribution in [0.5, 0.6) is 5.75 Å². The fraction of sp³-hybridized carbons (Fsp3) is 0.538. The van der Waals surface area contributed by atoms with Crippen LogP contribution in [0.1, 0.15) is 44.2 Å². The first kappa shape index (κ1) is 12.9. The van der Waals surface area contributed by atoms with Gasteiger partial charge in [-0.15, -0.1) is 0 Å². The number of benzene rings is 1. The Morgan fingerprint density at radius 3 is 2.38 bits per heavy atom. The van der Waals surface area contributed by atoms with Gasteiger partial charge >= 0.3 is 6.61 Å². The van der Waals surface area contributed by atoms with E-state index in [1.54, 1.807) is 12.1 Å². The van der Waals surface area contributed by atoms with Crippen molar-refractivity contribution < 1.29 is 13.5 Å². The summed E-state index contributed by atoms with van der Waals surface area (Å²) in [5.74, 6) is 0.585. The summed E-state index contributed by atoms with van der Waals surface area (Å²) in [5, 5.41) is 0. The van der Waals surface area contributed by atoms with Gasteiger partial charge in [-0.1, -0.05) is 33.3 Å². The Balaban J connectivity index is 2.98. The lowest BCUT2D eigenvalue weighted by molar-refractivity contribution is -0.0499. The van der Waals surface area contributed by atoms with Gasteiger partial charge in [0.15, 0.2) is 0 Å². The first-order valence-electron chi connectivity index (χ1n) is 5.61. The number of hydrogen-bond donors (Lipinski definition) is 0. The minimum atomic E-state index is -2.75. The summed E-state index contributed by atoms with van der Waals surface area (Å²) in [6.07, 6.45) is 1.88. The summed E-state index contributed by atoms with van der Waals surface area (Å²) in [5.41, 5.74) is 2.10. The Kier molecular flexibility index (Phi) is 4.71. The van der Waals surface area contributed by atoms with E-state index in [0.717, 1.165) is 24.0 Å². The number of alkyl halides is 2. The van der Waals surface area contributed by atoms with E-state index in [4.69, 9.17) is 0 Å². The standard InChI is InChI=1S/C13H18F2O/c1-4-5-10-6-11(9(2)3)8-12(7-10)16-13(14)15/h6-9,13H,4-5H2,1-3H3. The van der Waals surface area contributed by atoms with Crippen LogP contribution >= 0.6 is 0 Å². The van der Waals surface area contributed by atoms with Crippen LogP contribution in [-0.2, 0) is 6.42 Å². The van der Waals surface area contributed by atoms with Crippen molar-refractivity contribution in [2.24, 2.45) is 0 Å². The van der Waals surface area contributed by atoms with Gasteiger partial charge < -0.3 is 4.74 Å². The quantitative estimate of drug-likeness (QED) is 0.727. The van der Waals surface area contributed by atoms with Crippen LogP contribution in [0.15, 0.2) is 18.2 Å². The smallest absolute Gasteiger partial charge is 0.387 e. The third-order valence-electron chi connectivity index (χ3n) is 2.42. The van der Waals surface area contributed by atoms with Crippen molar-refractivity contribution in [3.8, 4) is 5.75 Å². The normalized spacial score (nSPS) is 11.2. The van der Waals surface area contributed by atoms with Crippen molar-refractivity contribution in [1.29, 1.82) is 0 Å². The molecule has 0 saturated carbocycles. The molecule has 16 heavy (non-hydrogen) atoms. The molecule has 0 aromatic heterocycles. The highest BCUT2D eigenvalue weighted by atomic mass is 19.3. The SMILES string of the molecule is CCCc1cc(OC(F)F)cc(C(C)C)c1. The third kappa shape index (κ3) is 3.80. The van der Waals surface area contributed by atoms with Crippen molar-refractivity contribution in [2.45, 2.75) is 46.1 Å². The summed E-state index contributed by atoms with van der Waals surface area (Å²) in [6, 6.07) is 5.45. The number of aryl methyl sites for hydroxylation is 1. The van der Waals surface area contributed by atoms with Gasteiger partial charge in [-0.2, -0.15) is 8.78 Å². The molecule has 0 saturated heterocycles. The highest BCUT2D eigenvalue weighted by Crippen LogP contribution is 2.25. The van der Waals surface area contributed by atoms with Gasteiger partial charge in [0.25, 0.3) is 0 Å². The van der Waals surface area contributed by atoms with Gasteiger partial charge in [0.05, 0.1) is 0 Å². The maximum absolute atomic E-state index is 12.1. The van der Waals surface area contributed by atoms with E-state index in [1.165, 1.54) is 0 Å². The molecule has 0 amide bonds. The molecule has 0 aliphatic carbocycles. The molecule has 0 atom stereocenters. The van der Waals surface area contributed by atoms with E-state index in [9.17, 15) is 8.78 Å². The van der Waals surface area contributed by atoms with E-state index >= 15 is 0 Å². The molecule has 1 rings (SSSR count). The molecule has 0 fully saturated rings. The summed E-state index contributed by atoms with van der Waals surface area (Å²) >= 11 is 0. The molecule has 90 valence electrons. The van der Waals surface area contributed by atoms with E-state index in [1.807, 2.05) is 13.8 Å². The molecule has 3 heteroatoms. The third-order valence-corrected chi connectivity index (χ3v) is 2.42. The van der Waals surface area contributed by atoms with Crippen molar-refractivity contribution in [2.75, 3.05) is 0 Å². The number of hydrogen-bond acceptors (Lipinski definition) is 1. The Hall–Kier alpha value is -1.12. The Morgan fingerprint density at radius 2 is 1.88 bits per heavy atom. The van der Waals surface area contributed by atoms with Crippen molar-refractivity contribution in [1.82, 2.24) is 0 Å². The van der Waals surface area contributed by atoms with Gasteiger partial charge in [0.1, 0.15) is 5.75 Å². The van der Waals surface area contributed by atoms with Gasteiger partial charge in [-0.25, -0.2) is 0 Å². The Labute approximate surface area is 95.4 Å². The number of ether oxygens (including phenoxy) is 1. The average Bonchev–Trinajstić information content (AvgIpc) is 2.16. The summed E-state index contributed by atoms with van der Waals surface area (Å²) in [6.45, 7) is 3.39. The first-order valence-corrected chi connectivity index (χ1v) is 5.61. The van der Waals surface area contributed by atoms with Gasteiger partial charge in [-0.3, -0.25) is 0 Å². The van der Waals surface area contributed by atoms with E-state index in [-0.39, 0.29) is 5.75 Å². The van der Waals surface area contributed by atoms with Crippen LogP contribution in [0, 0.1) is 0 Å². The molecule has 1 aromatic carbocycles. The minimum Gasteiger partial charge on any atom is -0.435 e. The molecule has 1 nitrogen and oxygen atoms in total. The molecule has 0 heterocycles. The van der Waals surface area contributed by atoms with Crippen LogP contribution in [0.2, 0.25) is 0 Å². The van der Waals surface area contributed by atoms with E-state index in [2.05, 4.69) is 17.7 Å². The summed E-state index contributed by atoms with van der Waals surface area (Å²) < 4.78 is 28.8. The molecule has 1 aromatic rings. The molecule has 0 unspecified atom stereocenters. The summed E-state index contributed by atoms with van der Waals surface area (Å²) in [7, 11) is 0. The van der Waals surface area contributed by atoms with Crippen molar-refractivity contribution in [3.05, 3.63) is 29.3 Å². The van der Waals surface area contributed by atoms with E-state index in [0.29, 0.717) is 5.92 Å². The zero-order chi connectivity index (χ0) is 12.1. The van der Waals surface area contributed by atoms with Crippen molar-refractivity contribution in [3.63, 3.8) is 0 Å². The van der Waals surface area contributed by atoms with Crippen LogP contribution < -0.4 is 4.74 Å². The second kappa shape index (κ2) is 5.83. The Morgan fingerprint density at radius 1 is 1.19 bits per heavy atom. The highest BCUT2D eigenvalue weighted by Gasteiger charge is 2.08. The lowest BCUT2D eigenvalue weighted by Gasteiger charge is -2.12. The highest BCUT2D eigenvalue weighted by molar-refractivity contribution is 5.36. The average molecular weight is 228 g/mol. The first-order chi connectivity index (χ1) is 7.52. The molecule has 0 aliphatic heterocycles. The van der Waals surface area contributed by atoms with Crippen LogP contribution in [0.4, 0.5) is 8.78 Å². The van der Waals surface area contributed by atoms with Crippen LogP contribution in [-0.4, -0.2) is 6.61 Å². The maximum atomic E-state index is 12.1. The Bertz CT molecular complexity index is 335. The molecule has 0 radical (unpaired) electrons. The molecular formula is C13H18F2O. The summed E-state index contributed by atoms with van der Waals surface area (Å²) in [4.78, 5) is 0. The molecule has 0 N–H and O–H groups in total. The zero-order valence-corrected chi connectivity index (χ0v) is 9.97. The second-order valence-corrected chi connectivity index (χ2v) is 4.19. The van der Waals surface area contributed by atoms with Gasteiger partial charge in [-0.05, 0) is 35.6 Å². The predicted octanol–water partition coefficient (Wildman–Crippen LogP) is 4.36. The lowest BCUT2D eigenvalue weighted by atomic mass is 9.98. The predicted molar refractivity (Wildman–Crippen MR) is 61.2 cm³/mol. The molecular weight excluding hydrogens is 210 g/mol. The lowest BCUT2D eigenvalue weighted by Crippen LogP contribution is -2.03. The molecule has 0 spiro atoms. The second-order valence-electron chi connectivity index (χ2n) is 4.19.